The Hall–Kier alpha value is -1.24. The highest BCUT2D eigenvalue weighted by Crippen LogP contribution is 2.41. The van der Waals surface area contributed by atoms with Crippen molar-refractivity contribution >= 4 is 0 Å². The Morgan fingerprint density at radius 1 is 1.00 bits per heavy atom. The molecule has 1 nitrogen and oxygen atoms in total. The van der Waals surface area contributed by atoms with E-state index in [9.17, 15) is 26.3 Å². The monoisotopic (exact) mass is 271 g/mol. The topological polar surface area (TPSA) is 26.0 Å². The summed E-state index contributed by atoms with van der Waals surface area (Å²) in [5.41, 5.74) is 1.55. The summed E-state index contributed by atoms with van der Waals surface area (Å²) >= 11 is 0. The van der Waals surface area contributed by atoms with E-state index in [1.54, 1.807) is 0 Å². The molecule has 7 heteroatoms. The molecule has 1 rings (SSSR count). The van der Waals surface area contributed by atoms with Crippen LogP contribution in [-0.4, -0.2) is 0 Å². The largest absolute Gasteiger partial charge is 0.417 e. The van der Waals surface area contributed by atoms with E-state index in [1.165, 1.54) is 6.92 Å². The van der Waals surface area contributed by atoms with Gasteiger partial charge in [0.1, 0.15) is 0 Å². The van der Waals surface area contributed by atoms with E-state index in [4.69, 9.17) is 5.73 Å². The lowest BCUT2D eigenvalue weighted by Gasteiger charge is -2.20. The molecule has 0 atom stereocenters. The predicted octanol–water partition coefficient (Wildman–Crippen LogP) is 3.75. The third kappa shape index (κ3) is 2.77. The van der Waals surface area contributed by atoms with Crippen LogP contribution in [0.1, 0.15) is 29.2 Å². The van der Waals surface area contributed by atoms with E-state index in [2.05, 4.69) is 0 Å². The van der Waals surface area contributed by atoms with Crippen molar-refractivity contribution < 1.29 is 26.3 Å². The van der Waals surface area contributed by atoms with E-state index in [0.717, 1.165) is 6.07 Å². The maximum atomic E-state index is 12.8. The average molecular weight is 271 g/mol. The fourth-order valence-electron chi connectivity index (χ4n) is 1.85. The van der Waals surface area contributed by atoms with Gasteiger partial charge < -0.3 is 5.73 Å². The molecule has 0 amide bonds. The minimum Gasteiger partial charge on any atom is -0.326 e. The summed E-state index contributed by atoms with van der Waals surface area (Å²) in [6.07, 6.45) is -10.0. The highest BCUT2D eigenvalue weighted by molar-refractivity contribution is 5.44. The first-order valence-corrected chi connectivity index (χ1v) is 5.12. The molecular weight excluding hydrogens is 260 g/mol. The summed E-state index contributed by atoms with van der Waals surface area (Å²) in [4.78, 5) is 0. The van der Waals surface area contributed by atoms with Crippen molar-refractivity contribution in [3.63, 3.8) is 0 Å². The van der Waals surface area contributed by atoms with Gasteiger partial charge in [-0.05, 0) is 23.6 Å². The molecule has 0 radical (unpaired) electrons. The van der Waals surface area contributed by atoms with Crippen molar-refractivity contribution in [1.29, 1.82) is 0 Å². The molecule has 0 saturated carbocycles. The van der Waals surface area contributed by atoms with Crippen LogP contribution in [0.25, 0.3) is 0 Å². The van der Waals surface area contributed by atoms with Gasteiger partial charge >= 0.3 is 12.4 Å². The van der Waals surface area contributed by atoms with Crippen molar-refractivity contribution in [2.24, 2.45) is 5.73 Å². The summed E-state index contributed by atoms with van der Waals surface area (Å²) in [6.45, 7) is 0.792. The molecular formula is C11H11F6N. The van der Waals surface area contributed by atoms with Crippen LogP contribution in [0.15, 0.2) is 12.1 Å². The lowest BCUT2D eigenvalue weighted by atomic mass is 9.93. The number of hydrogen-bond acceptors (Lipinski definition) is 1. The Morgan fingerprint density at radius 3 is 1.89 bits per heavy atom. The lowest BCUT2D eigenvalue weighted by Crippen LogP contribution is -2.19. The van der Waals surface area contributed by atoms with Gasteiger partial charge in [0.05, 0.1) is 11.1 Å². The van der Waals surface area contributed by atoms with Crippen molar-refractivity contribution in [2.45, 2.75) is 32.2 Å². The van der Waals surface area contributed by atoms with Gasteiger partial charge in [-0.25, -0.2) is 0 Å². The normalized spacial score (nSPS) is 12.9. The second-order valence-electron chi connectivity index (χ2n) is 3.68. The Bertz CT molecular complexity index is 432. The van der Waals surface area contributed by atoms with Crippen LogP contribution in [0.2, 0.25) is 0 Å². The van der Waals surface area contributed by atoms with Crippen LogP contribution < -0.4 is 5.73 Å². The summed E-state index contributed by atoms with van der Waals surface area (Å²) in [5.74, 6) is 0. The number of benzene rings is 1. The second kappa shape index (κ2) is 4.79. The van der Waals surface area contributed by atoms with Gasteiger partial charge in [0.2, 0.25) is 0 Å². The van der Waals surface area contributed by atoms with Crippen LogP contribution in [-0.2, 0) is 25.3 Å². The molecule has 0 aliphatic carbocycles. The molecule has 0 unspecified atom stereocenters. The van der Waals surface area contributed by atoms with E-state index in [0.29, 0.717) is 6.07 Å². The van der Waals surface area contributed by atoms with Gasteiger partial charge in [-0.1, -0.05) is 13.0 Å². The van der Waals surface area contributed by atoms with Crippen LogP contribution in [0.3, 0.4) is 0 Å². The minimum absolute atomic E-state index is 0.327. The summed E-state index contributed by atoms with van der Waals surface area (Å²) in [6, 6.07) is 1.43. The van der Waals surface area contributed by atoms with Gasteiger partial charge in [-0.15, -0.1) is 0 Å². The molecule has 0 bridgehead atoms. The van der Waals surface area contributed by atoms with Crippen LogP contribution in [0.5, 0.6) is 0 Å². The van der Waals surface area contributed by atoms with Gasteiger partial charge in [-0.3, -0.25) is 0 Å². The fourth-order valence-corrected chi connectivity index (χ4v) is 1.85. The molecule has 0 aliphatic rings. The first-order valence-electron chi connectivity index (χ1n) is 5.12. The second-order valence-corrected chi connectivity index (χ2v) is 3.68. The van der Waals surface area contributed by atoms with Gasteiger partial charge in [0.15, 0.2) is 0 Å². The molecule has 18 heavy (non-hydrogen) atoms. The Balaban J connectivity index is 3.64. The SMILES string of the molecule is CCc1c(C(F)(F)F)ccc(CN)c1C(F)(F)F. The van der Waals surface area contributed by atoms with Crippen molar-refractivity contribution in [3.05, 3.63) is 34.4 Å². The molecule has 102 valence electrons. The van der Waals surface area contributed by atoms with E-state index in [-0.39, 0.29) is 12.0 Å². The fraction of sp³-hybridized carbons (Fsp3) is 0.455. The lowest BCUT2D eigenvalue weighted by molar-refractivity contribution is -0.144. The number of hydrogen-bond donors (Lipinski definition) is 1. The standard InChI is InChI=1S/C11H11F6N/c1-2-7-8(10(12,13)14)4-3-6(5-18)9(7)11(15,16)17/h3-4H,2,5,18H2,1H3. The summed E-state index contributed by atoms with van der Waals surface area (Å²) in [5, 5.41) is 0. The van der Waals surface area contributed by atoms with Gasteiger partial charge in [-0.2, -0.15) is 26.3 Å². The molecule has 0 heterocycles. The third-order valence-electron chi connectivity index (χ3n) is 2.56. The number of nitrogens with two attached hydrogens (primary N) is 1. The molecule has 0 fully saturated rings. The highest BCUT2D eigenvalue weighted by atomic mass is 19.4. The summed E-state index contributed by atoms with van der Waals surface area (Å²) < 4.78 is 76.4. The maximum absolute atomic E-state index is 12.8. The van der Waals surface area contributed by atoms with E-state index in [1.807, 2.05) is 0 Å². The quantitative estimate of drug-likeness (QED) is 0.814. The molecule has 0 saturated heterocycles. The van der Waals surface area contributed by atoms with Crippen LogP contribution in [0.4, 0.5) is 26.3 Å². The zero-order valence-electron chi connectivity index (χ0n) is 9.41. The highest BCUT2D eigenvalue weighted by Gasteiger charge is 2.41. The zero-order chi connectivity index (χ0) is 14.1. The van der Waals surface area contributed by atoms with Crippen molar-refractivity contribution in [1.82, 2.24) is 0 Å². The number of rotatable bonds is 2. The van der Waals surface area contributed by atoms with E-state index >= 15 is 0 Å². The molecule has 0 spiro atoms. The van der Waals surface area contributed by atoms with Gasteiger partial charge in [0.25, 0.3) is 0 Å². The first kappa shape index (κ1) is 14.8. The van der Waals surface area contributed by atoms with Gasteiger partial charge in [0, 0.05) is 6.54 Å². The van der Waals surface area contributed by atoms with Crippen molar-refractivity contribution in [3.8, 4) is 0 Å². The average Bonchev–Trinajstić information content (AvgIpc) is 2.24. The molecule has 2 N–H and O–H groups in total. The van der Waals surface area contributed by atoms with Crippen molar-refractivity contribution in [2.75, 3.05) is 0 Å². The molecule has 1 aromatic carbocycles. The Kier molecular flexibility index (Phi) is 3.95. The summed E-state index contributed by atoms with van der Waals surface area (Å²) in [7, 11) is 0. The zero-order valence-corrected chi connectivity index (χ0v) is 9.41. The molecule has 0 aromatic heterocycles. The minimum atomic E-state index is -4.85. The van der Waals surface area contributed by atoms with Crippen LogP contribution >= 0.6 is 0 Å². The maximum Gasteiger partial charge on any atom is 0.417 e. The number of halogens is 6. The Labute approximate surface area is 99.6 Å². The molecule has 0 aliphatic heterocycles. The smallest absolute Gasteiger partial charge is 0.326 e. The van der Waals surface area contributed by atoms with E-state index < -0.39 is 35.6 Å². The Morgan fingerprint density at radius 2 is 1.56 bits per heavy atom. The molecule has 1 aromatic rings. The van der Waals surface area contributed by atoms with Crippen LogP contribution in [0, 0.1) is 0 Å². The third-order valence-corrected chi connectivity index (χ3v) is 2.56. The first-order chi connectivity index (χ1) is 8.12. The number of alkyl halides is 6. The predicted molar refractivity (Wildman–Crippen MR) is 53.7 cm³/mol.